The second-order valence-electron chi connectivity index (χ2n) is 2.33. The Morgan fingerprint density at radius 2 is 2.00 bits per heavy atom. The first-order valence-corrected chi connectivity index (χ1v) is 3.74. The number of halogens is 1. The van der Waals surface area contributed by atoms with Gasteiger partial charge in [-0.1, -0.05) is 20.3 Å². The highest BCUT2D eigenvalue weighted by atomic mass is 19.1. The highest BCUT2D eigenvalue weighted by molar-refractivity contribution is 5.84. The largest absolute Gasteiger partial charge is 0.476 e. The van der Waals surface area contributed by atoms with Crippen LogP contribution in [0, 0.1) is 0 Å². The van der Waals surface area contributed by atoms with Gasteiger partial charge in [0.15, 0.2) is 0 Å². The first-order valence-electron chi connectivity index (χ1n) is 3.74. The van der Waals surface area contributed by atoms with Crippen LogP contribution in [0.2, 0.25) is 0 Å². The van der Waals surface area contributed by atoms with Crippen molar-refractivity contribution in [1.82, 2.24) is 0 Å². The summed E-state index contributed by atoms with van der Waals surface area (Å²) in [6, 6.07) is 0. The van der Waals surface area contributed by atoms with Gasteiger partial charge in [-0.25, -0.2) is 4.79 Å². The van der Waals surface area contributed by atoms with Crippen molar-refractivity contribution < 1.29 is 14.3 Å². The lowest BCUT2D eigenvalue weighted by molar-refractivity contribution is -0.134. The quantitative estimate of drug-likeness (QED) is 0.641. The summed E-state index contributed by atoms with van der Waals surface area (Å²) < 4.78 is 12.7. The molecule has 0 rings (SSSR count). The minimum atomic E-state index is -1.45. The topological polar surface area (TPSA) is 37.3 Å². The lowest BCUT2D eigenvalue weighted by Crippen LogP contribution is -1.99. The average Bonchev–Trinajstić information content (AvgIpc) is 1.98. The average molecular weight is 160 g/mol. The molecule has 0 aromatic carbocycles. The second-order valence-corrected chi connectivity index (χ2v) is 2.33. The van der Waals surface area contributed by atoms with E-state index in [1.54, 1.807) is 6.92 Å². The molecule has 1 N–H and O–H groups in total. The summed E-state index contributed by atoms with van der Waals surface area (Å²) in [5.74, 6) is -2.43. The molecule has 0 saturated carbocycles. The fraction of sp³-hybridized carbons (Fsp3) is 0.625. The molecule has 64 valence electrons. The maximum absolute atomic E-state index is 12.7. The Bertz CT molecular complexity index is 173. The van der Waals surface area contributed by atoms with E-state index in [0.717, 1.165) is 6.42 Å². The van der Waals surface area contributed by atoms with Crippen LogP contribution in [0.4, 0.5) is 4.39 Å². The molecular weight excluding hydrogens is 147 g/mol. The van der Waals surface area contributed by atoms with Crippen LogP contribution >= 0.6 is 0 Å². The fourth-order valence-corrected chi connectivity index (χ4v) is 0.895. The van der Waals surface area contributed by atoms with E-state index in [1.165, 1.54) is 0 Å². The van der Waals surface area contributed by atoms with Crippen molar-refractivity contribution in [3.63, 3.8) is 0 Å². The van der Waals surface area contributed by atoms with Crippen molar-refractivity contribution in [2.45, 2.75) is 33.1 Å². The van der Waals surface area contributed by atoms with E-state index >= 15 is 0 Å². The molecule has 0 unspecified atom stereocenters. The number of aliphatic carboxylic acids is 1. The number of allylic oxidation sites excluding steroid dienone is 1. The summed E-state index contributed by atoms with van der Waals surface area (Å²) in [5.41, 5.74) is 0.403. The van der Waals surface area contributed by atoms with Crippen LogP contribution < -0.4 is 0 Å². The Labute approximate surface area is 65.7 Å². The summed E-state index contributed by atoms with van der Waals surface area (Å²) in [7, 11) is 0. The van der Waals surface area contributed by atoms with E-state index < -0.39 is 11.8 Å². The third-order valence-corrected chi connectivity index (χ3v) is 1.48. The van der Waals surface area contributed by atoms with Crippen LogP contribution in [-0.2, 0) is 4.79 Å². The Morgan fingerprint density at radius 3 is 2.27 bits per heavy atom. The minimum Gasteiger partial charge on any atom is -0.476 e. The molecule has 0 amide bonds. The molecule has 0 atom stereocenters. The standard InChI is InChI=1S/C8H13FO2/c1-3-5-6(4-2)7(9)8(10)11/h3-5H2,1-2H3,(H,10,11)/b7-6-. The van der Waals surface area contributed by atoms with Crippen LogP contribution in [-0.4, -0.2) is 11.1 Å². The molecule has 2 nitrogen and oxygen atoms in total. The molecule has 0 spiro atoms. The summed E-state index contributed by atoms with van der Waals surface area (Å²) >= 11 is 0. The first kappa shape index (κ1) is 10.1. The van der Waals surface area contributed by atoms with Crippen molar-refractivity contribution in [2.24, 2.45) is 0 Å². The zero-order chi connectivity index (χ0) is 8.85. The van der Waals surface area contributed by atoms with Gasteiger partial charge < -0.3 is 5.11 Å². The molecule has 3 heteroatoms. The lowest BCUT2D eigenvalue weighted by Gasteiger charge is -2.01. The molecule has 11 heavy (non-hydrogen) atoms. The monoisotopic (exact) mass is 160 g/mol. The number of hydrogen-bond acceptors (Lipinski definition) is 1. The summed E-state index contributed by atoms with van der Waals surface area (Å²) in [6.45, 7) is 3.65. The Morgan fingerprint density at radius 1 is 1.45 bits per heavy atom. The molecule has 0 heterocycles. The number of carboxylic acid groups (broad SMARTS) is 1. The molecule has 0 aliphatic carbocycles. The highest BCUT2D eigenvalue weighted by Gasteiger charge is 2.10. The number of carboxylic acids is 1. The van der Waals surface area contributed by atoms with Gasteiger partial charge in [0, 0.05) is 0 Å². The number of hydrogen-bond donors (Lipinski definition) is 1. The Kier molecular flexibility index (Phi) is 4.50. The van der Waals surface area contributed by atoms with E-state index in [0.29, 0.717) is 18.4 Å². The van der Waals surface area contributed by atoms with Gasteiger partial charge in [0.1, 0.15) is 0 Å². The van der Waals surface area contributed by atoms with E-state index in [9.17, 15) is 9.18 Å². The Balaban J connectivity index is 4.39. The molecule has 0 radical (unpaired) electrons. The van der Waals surface area contributed by atoms with Gasteiger partial charge in [-0.2, -0.15) is 4.39 Å². The zero-order valence-corrected chi connectivity index (χ0v) is 6.85. The van der Waals surface area contributed by atoms with Crippen LogP contribution in [0.3, 0.4) is 0 Å². The second kappa shape index (κ2) is 4.88. The van der Waals surface area contributed by atoms with Crippen molar-refractivity contribution in [1.29, 1.82) is 0 Å². The Hall–Kier alpha value is -0.860. The van der Waals surface area contributed by atoms with E-state index in [4.69, 9.17) is 5.11 Å². The van der Waals surface area contributed by atoms with Crippen LogP contribution in [0.25, 0.3) is 0 Å². The minimum absolute atomic E-state index is 0.403. The molecule has 0 saturated heterocycles. The van der Waals surface area contributed by atoms with Crippen molar-refractivity contribution >= 4 is 5.97 Å². The number of rotatable bonds is 4. The predicted octanol–water partition coefficient (Wildman–Crippen LogP) is 2.50. The third kappa shape index (κ3) is 3.16. The van der Waals surface area contributed by atoms with Gasteiger partial charge in [-0.3, -0.25) is 0 Å². The maximum atomic E-state index is 12.7. The predicted molar refractivity (Wildman–Crippen MR) is 41.0 cm³/mol. The van der Waals surface area contributed by atoms with Crippen molar-refractivity contribution in [3.05, 3.63) is 11.4 Å². The zero-order valence-electron chi connectivity index (χ0n) is 6.85. The van der Waals surface area contributed by atoms with Crippen molar-refractivity contribution in [2.75, 3.05) is 0 Å². The molecular formula is C8H13FO2. The molecule has 0 aliphatic heterocycles. The molecule has 0 aliphatic rings. The SMILES string of the molecule is CCC/C(CC)=C(\F)C(=O)O. The lowest BCUT2D eigenvalue weighted by atomic mass is 10.1. The summed E-state index contributed by atoms with van der Waals surface area (Å²) in [4.78, 5) is 10.1. The summed E-state index contributed by atoms with van der Waals surface area (Å²) in [6.07, 6.45) is 1.80. The van der Waals surface area contributed by atoms with Gasteiger partial charge in [-0.05, 0) is 18.4 Å². The van der Waals surface area contributed by atoms with E-state index in [-0.39, 0.29) is 0 Å². The number of carbonyl (C=O) groups is 1. The maximum Gasteiger partial charge on any atom is 0.364 e. The van der Waals surface area contributed by atoms with Crippen molar-refractivity contribution in [3.8, 4) is 0 Å². The van der Waals surface area contributed by atoms with Gasteiger partial charge in [0.25, 0.3) is 0 Å². The van der Waals surface area contributed by atoms with Gasteiger partial charge in [-0.15, -0.1) is 0 Å². The van der Waals surface area contributed by atoms with Crippen LogP contribution in [0.5, 0.6) is 0 Å². The highest BCUT2D eigenvalue weighted by Crippen LogP contribution is 2.15. The smallest absolute Gasteiger partial charge is 0.364 e. The summed E-state index contributed by atoms with van der Waals surface area (Å²) in [5, 5.41) is 8.28. The van der Waals surface area contributed by atoms with Crippen LogP contribution in [0.15, 0.2) is 11.4 Å². The molecule has 0 aromatic heterocycles. The van der Waals surface area contributed by atoms with Gasteiger partial charge in [0.05, 0.1) is 0 Å². The first-order chi connectivity index (χ1) is 5.13. The molecule has 0 fully saturated rings. The molecule has 0 bridgehead atoms. The normalized spacial score (nSPS) is 12.6. The fourth-order valence-electron chi connectivity index (χ4n) is 0.895. The van der Waals surface area contributed by atoms with Crippen LogP contribution in [0.1, 0.15) is 33.1 Å². The third-order valence-electron chi connectivity index (χ3n) is 1.48. The van der Waals surface area contributed by atoms with E-state index in [1.807, 2.05) is 6.92 Å². The van der Waals surface area contributed by atoms with Gasteiger partial charge >= 0.3 is 5.97 Å². The molecule has 0 aromatic rings. The van der Waals surface area contributed by atoms with E-state index in [2.05, 4.69) is 0 Å². The van der Waals surface area contributed by atoms with Gasteiger partial charge in [0.2, 0.25) is 5.83 Å².